The van der Waals surface area contributed by atoms with E-state index in [1.807, 2.05) is 60.7 Å². The number of para-hydroxylation sites is 2. The van der Waals surface area contributed by atoms with Gasteiger partial charge in [0.05, 0.1) is 38.1 Å². The molecule has 0 saturated heterocycles. The van der Waals surface area contributed by atoms with Crippen molar-refractivity contribution in [3.63, 3.8) is 0 Å². The number of carbonyl (C=O) groups is 1. The Morgan fingerprint density at radius 3 is 2.00 bits per heavy atom. The number of carbonyl (C=O) groups excluding carboxylic acids is 1. The van der Waals surface area contributed by atoms with Crippen molar-refractivity contribution in [3.05, 3.63) is 129 Å². The largest absolute Gasteiger partial charge is 0.279 e. The van der Waals surface area contributed by atoms with Gasteiger partial charge in [-0.2, -0.15) is 0 Å². The predicted molar refractivity (Wildman–Crippen MR) is 145 cm³/mol. The number of nitrogens with zero attached hydrogens (tertiary/aromatic N) is 2. The molecular formula is C27H19Cl2N3O4S. The molecule has 0 aliphatic rings. The highest BCUT2D eigenvalue weighted by atomic mass is 35.5. The van der Waals surface area contributed by atoms with Crippen molar-refractivity contribution in [2.45, 2.75) is 5.75 Å². The Labute approximate surface area is 222 Å². The molecule has 0 atom stereocenters. The number of fused-ring (bicyclic) bond motifs is 1. The lowest BCUT2D eigenvalue weighted by Crippen LogP contribution is -2.31. The summed E-state index contributed by atoms with van der Waals surface area (Å²) in [6.45, 7) is 0. The molecule has 0 aliphatic heterocycles. The van der Waals surface area contributed by atoms with Gasteiger partial charge in [-0.1, -0.05) is 65.7 Å². The third-order valence-electron chi connectivity index (χ3n) is 5.70. The smallest absolute Gasteiger partial charge is 0.268 e. The second kappa shape index (κ2) is 9.89. The summed E-state index contributed by atoms with van der Waals surface area (Å²) in [6.07, 6.45) is 0. The van der Waals surface area contributed by atoms with Crippen molar-refractivity contribution in [1.29, 1.82) is 0 Å². The average molecular weight is 552 g/mol. The van der Waals surface area contributed by atoms with Crippen molar-refractivity contribution < 1.29 is 13.2 Å². The number of hydrogen-bond donors (Lipinski definition) is 1. The highest BCUT2D eigenvalue weighted by Crippen LogP contribution is 2.24. The van der Waals surface area contributed by atoms with E-state index in [0.29, 0.717) is 21.8 Å². The summed E-state index contributed by atoms with van der Waals surface area (Å²) in [5, 5.41) is 0.773. The Hall–Kier alpha value is -3.85. The molecule has 0 saturated carbocycles. The molecule has 186 valence electrons. The van der Waals surface area contributed by atoms with Gasteiger partial charge in [-0.05, 0) is 60.2 Å². The average Bonchev–Trinajstić information content (AvgIpc) is 3.18. The first-order chi connectivity index (χ1) is 17.7. The number of nitrogens with one attached hydrogen (secondary N) is 1. The van der Waals surface area contributed by atoms with Gasteiger partial charge in [0, 0.05) is 5.56 Å². The second-order valence-electron chi connectivity index (χ2n) is 8.27. The Kier molecular flexibility index (Phi) is 6.64. The first kappa shape index (κ1) is 24.8. The molecule has 5 aromatic rings. The number of aromatic nitrogens is 2. The summed E-state index contributed by atoms with van der Waals surface area (Å²) < 4.78 is 30.7. The molecular weight excluding hydrogens is 533 g/mol. The molecule has 0 unspecified atom stereocenters. The molecule has 0 fully saturated rings. The van der Waals surface area contributed by atoms with Gasteiger partial charge in [-0.3, -0.25) is 9.59 Å². The standard InChI is InChI=1S/C27H19Cl2N3O4S/c28-23-13-11-18(15-24(23)29)17-37(35,36)30-26(33)19-12-14-25-22(16-19)27(34)32(21-9-5-2-6-10-21)31(25)20-7-3-1-4-8-20/h1-16H,17H2,(H,30,33). The Bertz CT molecular complexity index is 1800. The molecule has 10 heteroatoms. The third-order valence-corrected chi connectivity index (χ3v) is 7.65. The van der Waals surface area contributed by atoms with E-state index >= 15 is 0 Å². The fourth-order valence-corrected chi connectivity index (χ4v) is 5.47. The minimum Gasteiger partial charge on any atom is -0.268 e. The van der Waals surface area contributed by atoms with E-state index < -0.39 is 21.7 Å². The van der Waals surface area contributed by atoms with Crippen LogP contribution >= 0.6 is 23.2 Å². The molecule has 0 spiro atoms. The molecule has 7 nitrogen and oxygen atoms in total. The van der Waals surface area contributed by atoms with Gasteiger partial charge in [0.1, 0.15) is 0 Å². The van der Waals surface area contributed by atoms with Crippen LogP contribution in [0.25, 0.3) is 22.3 Å². The number of amides is 1. The topological polar surface area (TPSA) is 90.2 Å². The van der Waals surface area contributed by atoms with Gasteiger partial charge in [-0.25, -0.2) is 22.5 Å². The van der Waals surface area contributed by atoms with Crippen LogP contribution < -0.4 is 10.3 Å². The van der Waals surface area contributed by atoms with E-state index in [1.165, 1.54) is 35.0 Å². The summed E-state index contributed by atoms with van der Waals surface area (Å²) in [5.74, 6) is -1.32. The van der Waals surface area contributed by atoms with Crippen LogP contribution in [0.1, 0.15) is 15.9 Å². The highest BCUT2D eigenvalue weighted by molar-refractivity contribution is 7.89. The lowest BCUT2D eigenvalue weighted by atomic mass is 10.1. The van der Waals surface area contributed by atoms with E-state index in [1.54, 1.807) is 10.7 Å². The summed E-state index contributed by atoms with van der Waals surface area (Å²) in [6, 6.07) is 27.4. The van der Waals surface area contributed by atoms with E-state index in [9.17, 15) is 18.0 Å². The normalized spacial score (nSPS) is 11.5. The van der Waals surface area contributed by atoms with Crippen molar-refractivity contribution >= 4 is 50.0 Å². The minimum atomic E-state index is -4.05. The Balaban J connectivity index is 1.54. The Morgan fingerprint density at radius 2 is 1.38 bits per heavy atom. The van der Waals surface area contributed by atoms with Crippen molar-refractivity contribution in [1.82, 2.24) is 14.1 Å². The number of benzene rings is 4. The molecule has 1 heterocycles. The maximum Gasteiger partial charge on any atom is 0.279 e. The van der Waals surface area contributed by atoms with Crippen LogP contribution in [0.4, 0.5) is 0 Å². The molecule has 0 bridgehead atoms. The summed E-state index contributed by atoms with van der Waals surface area (Å²) in [5.41, 5.74) is 2.01. The molecule has 1 N–H and O–H groups in total. The molecule has 0 aliphatic carbocycles. The maximum atomic E-state index is 13.6. The van der Waals surface area contributed by atoms with Crippen LogP contribution in [0, 0.1) is 0 Å². The zero-order chi connectivity index (χ0) is 26.2. The first-order valence-electron chi connectivity index (χ1n) is 11.1. The maximum absolute atomic E-state index is 13.6. The van der Waals surface area contributed by atoms with E-state index in [2.05, 4.69) is 4.72 Å². The van der Waals surface area contributed by atoms with E-state index in [-0.39, 0.29) is 21.5 Å². The highest BCUT2D eigenvalue weighted by Gasteiger charge is 2.21. The molecule has 4 aromatic carbocycles. The van der Waals surface area contributed by atoms with Crippen LogP contribution in [0.3, 0.4) is 0 Å². The van der Waals surface area contributed by atoms with Gasteiger partial charge in [0.25, 0.3) is 11.5 Å². The minimum absolute atomic E-state index is 0.0349. The van der Waals surface area contributed by atoms with Crippen LogP contribution in [-0.2, 0) is 15.8 Å². The molecule has 0 radical (unpaired) electrons. The monoisotopic (exact) mass is 551 g/mol. The molecule has 5 rings (SSSR count). The van der Waals surface area contributed by atoms with Gasteiger partial charge < -0.3 is 0 Å². The fourth-order valence-electron chi connectivity index (χ4n) is 4.06. The number of rotatable bonds is 6. The van der Waals surface area contributed by atoms with Crippen LogP contribution in [0.15, 0.2) is 102 Å². The Morgan fingerprint density at radius 1 is 0.757 bits per heavy atom. The van der Waals surface area contributed by atoms with Crippen LogP contribution in [0.2, 0.25) is 10.0 Å². The summed E-state index contributed by atoms with van der Waals surface area (Å²) in [4.78, 5) is 26.5. The second-order valence-corrected chi connectivity index (χ2v) is 10.8. The summed E-state index contributed by atoms with van der Waals surface area (Å²) >= 11 is 11.9. The quantitative estimate of drug-likeness (QED) is 0.308. The van der Waals surface area contributed by atoms with Crippen molar-refractivity contribution in [2.24, 2.45) is 0 Å². The third kappa shape index (κ3) is 5.04. The molecule has 1 aromatic heterocycles. The van der Waals surface area contributed by atoms with Gasteiger partial charge in [-0.15, -0.1) is 0 Å². The lowest BCUT2D eigenvalue weighted by Gasteiger charge is -2.13. The summed E-state index contributed by atoms with van der Waals surface area (Å²) in [7, 11) is -4.05. The predicted octanol–water partition coefficient (Wildman–Crippen LogP) is 5.35. The van der Waals surface area contributed by atoms with Gasteiger partial charge in [0.2, 0.25) is 10.0 Å². The van der Waals surface area contributed by atoms with Gasteiger partial charge in [0.15, 0.2) is 0 Å². The zero-order valence-corrected chi connectivity index (χ0v) is 21.5. The fraction of sp³-hybridized carbons (Fsp3) is 0.0370. The zero-order valence-electron chi connectivity index (χ0n) is 19.1. The first-order valence-corrected chi connectivity index (χ1v) is 13.5. The SMILES string of the molecule is O=C(NS(=O)(=O)Cc1ccc(Cl)c(Cl)c1)c1ccc2c(c1)c(=O)n(-c1ccccc1)n2-c1ccccc1. The van der Waals surface area contributed by atoms with Crippen molar-refractivity contribution in [2.75, 3.05) is 0 Å². The molecule has 1 amide bonds. The lowest BCUT2D eigenvalue weighted by molar-refractivity contribution is 0.0981. The van der Waals surface area contributed by atoms with E-state index in [4.69, 9.17) is 23.2 Å². The van der Waals surface area contributed by atoms with Gasteiger partial charge >= 0.3 is 0 Å². The molecule has 37 heavy (non-hydrogen) atoms. The number of sulfonamides is 1. The number of hydrogen-bond acceptors (Lipinski definition) is 4. The number of halogens is 2. The van der Waals surface area contributed by atoms with Crippen LogP contribution in [-0.4, -0.2) is 23.7 Å². The van der Waals surface area contributed by atoms with E-state index in [0.717, 1.165) is 5.69 Å². The van der Waals surface area contributed by atoms with Crippen LogP contribution in [0.5, 0.6) is 0 Å². The van der Waals surface area contributed by atoms with Crippen molar-refractivity contribution in [3.8, 4) is 11.4 Å².